The number of pyridine rings is 1. The highest BCUT2D eigenvalue weighted by Gasteiger charge is 2.31. The standard InChI is InChI=1S/C14H9F3N2O/c1-8-2-4-9(5-3-8)12-19-11-6-10(14(15,16)17)7-18-13(11)20-12/h2-7H,1H3. The SMILES string of the molecule is Cc1ccc(-c2nc3cc(C(F)(F)F)cnc3o2)cc1. The van der Waals surface area contributed by atoms with E-state index >= 15 is 0 Å². The van der Waals surface area contributed by atoms with Crippen LogP contribution in [0.1, 0.15) is 11.1 Å². The number of alkyl halides is 3. The van der Waals surface area contributed by atoms with Crippen LogP contribution in [-0.4, -0.2) is 9.97 Å². The molecule has 6 heteroatoms. The molecule has 0 aliphatic rings. The van der Waals surface area contributed by atoms with Gasteiger partial charge in [0, 0.05) is 11.8 Å². The van der Waals surface area contributed by atoms with Crippen molar-refractivity contribution in [3.8, 4) is 11.5 Å². The van der Waals surface area contributed by atoms with Gasteiger partial charge in [-0.1, -0.05) is 17.7 Å². The first kappa shape index (κ1) is 12.7. The van der Waals surface area contributed by atoms with E-state index in [1.165, 1.54) is 0 Å². The van der Waals surface area contributed by atoms with Crippen LogP contribution >= 0.6 is 0 Å². The van der Waals surface area contributed by atoms with E-state index in [0.29, 0.717) is 5.56 Å². The largest absolute Gasteiger partial charge is 0.418 e. The summed E-state index contributed by atoms with van der Waals surface area (Å²) in [6.45, 7) is 1.94. The van der Waals surface area contributed by atoms with Gasteiger partial charge in [-0.3, -0.25) is 0 Å². The molecule has 102 valence electrons. The Balaban J connectivity index is 2.09. The summed E-state index contributed by atoms with van der Waals surface area (Å²) in [5.41, 5.74) is 1.11. The Kier molecular flexibility index (Phi) is 2.74. The molecule has 3 aromatic rings. The summed E-state index contributed by atoms with van der Waals surface area (Å²) in [4.78, 5) is 7.72. The third kappa shape index (κ3) is 2.24. The average Bonchev–Trinajstić information content (AvgIpc) is 2.81. The number of aryl methyl sites for hydroxylation is 1. The van der Waals surface area contributed by atoms with Crippen LogP contribution in [0.2, 0.25) is 0 Å². The van der Waals surface area contributed by atoms with Gasteiger partial charge in [0.25, 0.3) is 0 Å². The average molecular weight is 278 g/mol. The highest BCUT2D eigenvalue weighted by Crippen LogP contribution is 2.31. The van der Waals surface area contributed by atoms with E-state index in [2.05, 4.69) is 9.97 Å². The maximum Gasteiger partial charge on any atom is 0.417 e. The van der Waals surface area contributed by atoms with Crippen LogP contribution in [0.25, 0.3) is 22.7 Å². The van der Waals surface area contributed by atoms with Gasteiger partial charge in [0.2, 0.25) is 11.6 Å². The molecule has 2 heterocycles. The summed E-state index contributed by atoms with van der Waals surface area (Å²) in [5, 5.41) is 0. The number of oxazole rings is 1. The van der Waals surface area contributed by atoms with E-state index < -0.39 is 11.7 Å². The third-order valence-corrected chi connectivity index (χ3v) is 2.87. The van der Waals surface area contributed by atoms with Crippen molar-refractivity contribution in [3.05, 3.63) is 47.7 Å². The number of halogens is 3. The van der Waals surface area contributed by atoms with Gasteiger partial charge in [0.05, 0.1) is 5.56 Å². The van der Waals surface area contributed by atoms with Crippen molar-refractivity contribution in [1.82, 2.24) is 9.97 Å². The Morgan fingerprint density at radius 3 is 2.45 bits per heavy atom. The zero-order valence-corrected chi connectivity index (χ0v) is 10.4. The molecule has 0 N–H and O–H groups in total. The van der Waals surface area contributed by atoms with Gasteiger partial charge in [-0.25, -0.2) is 9.97 Å². The molecule has 0 radical (unpaired) electrons. The molecule has 3 rings (SSSR count). The van der Waals surface area contributed by atoms with E-state index in [1.807, 2.05) is 19.1 Å². The summed E-state index contributed by atoms with van der Waals surface area (Å²) in [7, 11) is 0. The maximum atomic E-state index is 12.6. The van der Waals surface area contributed by atoms with Crippen molar-refractivity contribution in [1.29, 1.82) is 0 Å². The van der Waals surface area contributed by atoms with Gasteiger partial charge in [-0.2, -0.15) is 13.2 Å². The Labute approximate surface area is 112 Å². The van der Waals surface area contributed by atoms with E-state index in [9.17, 15) is 13.2 Å². The Morgan fingerprint density at radius 1 is 1.10 bits per heavy atom. The van der Waals surface area contributed by atoms with Crippen LogP contribution in [-0.2, 0) is 6.18 Å². The second kappa shape index (κ2) is 4.33. The van der Waals surface area contributed by atoms with Crippen molar-refractivity contribution < 1.29 is 17.6 Å². The molecule has 1 aromatic carbocycles. The predicted octanol–water partition coefficient (Wildman–Crippen LogP) is 4.22. The molecule has 0 bridgehead atoms. The first-order chi connectivity index (χ1) is 9.43. The summed E-state index contributed by atoms with van der Waals surface area (Å²) < 4.78 is 43.1. The van der Waals surface area contributed by atoms with Crippen molar-refractivity contribution in [3.63, 3.8) is 0 Å². The Hall–Kier alpha value is -2.37. The first-order valence-corrected chi connectivity index (χ1v) is 5.84. The minimum absolute atomic E-state index is 0.0913. The second-order valence-electron chi connectivity index (χ2n) is 4.43. The number of hydrogen-bond donors (Lipinski definition) is 0. The van der Waals surface area contributed by atoms with E-state index in [-0.39, 0.29) is 17.1 Å². The molecule has 0 fully saturated rings. The molecule has 0 atom stereocenters. The fraction of sp³-hybridized carbons (Fsp3) is 0.143. The molecule has 0 saturated carbocycles. The van der Waals surface area contributed by atoms with Crippen LogP contribution in [0.4, 0.5) is 13.2 Å². The topological polar surface area (TPSA) is 38.9 Å². The monoisotopic (exact) mass is 278 g/mol. The fourth-order valence-electron chi connectivity index (χ4n) is 1.80. The molecule has 2 aromatic heterocycles. The molecular formula is C14H9F3N2O. The van der Waals surface area contributed by atoms with Crippen molar-refractivity contribution >= 4 is 11.2 Å². The number of benzene rings is 1. The van der Waals surface area contributed by atoms with Gasteiger partial charge < -0.3 is 4.42 Å². The molecular weight excluding hydrogens is 269 g/mol. The smallest absolute Gasteiger partial charge is 0.417 e. The molecule has 0 aliphatic carbocycles. The summed E-state index contributed by atoms with van der Waals surface area (Å²) in [6.07, 6.45) is -3.70. The van der Waals surface area contributed by atoms with Crippen LogP contribution < -0.4 is 0 Å². The quantitative estimate of drug-likeness (QED) is 0.669. The number of nitrogens with zero attached hydrogens (tertiary/aromatic N) is 2. The number of aromatic nitrogens is 2. The minimum atomic E-state index is -4.44. The van der Waals surface area contributed by atoms with Crippen LogP contribution in [0, 0.1) is 6.92 Å². The lowest BCUT2D eigenvalue weighted by Gasteiger charge is -2.03. The number of fused-ring (bicyclic) bond motifs is 1. The zero-order chi connectivity index (χ0) is 14.3. The zero-order valence-electron chi connectivity index (χ0n) is 10.4. The van der Waals surface area contributed by atoms with Crippen molar-refractivity contribution in [2.75, 3.05) is 0 Å². The predicted molar refractivity (Wildman–Crippen MR) is 67.0 cm³/mol. The maximum absolute atomic E-state index is 12.6. The second-order valence-corrected chi connectivity index (χ2v) is 4.43. The molecule has 3 nitrogen and oxygen atoms in total. The van der Waals surface area contributed by atoms with E-state index in [1.54, 1.807) is 12.1 Å². The molecule has 0 aliphatic heterocycles. The lowest BCUT2D eigenvalue weighted by atomic mass is 10.1. The highest BCUT2D eigenvalue weighted by atomic mass is 19.4. The van der Waals surface area contributed by atoms with Gasteiger partial charge >= 0.3 is 6.18 Å². The van der Waals surface area contributed by atoms with Gasteiger partial charge in [0.15, 0.2) is 0 Å². The highest BCUT2D eigenvalue weighted by molar-refractivity contribution is 5.73. The third-order valence-electron chi connectivity index (χ3n) is 2.87. The summed E-state index contributed by atoms with van der Waals surface area (Å²) >= 11 is 0. The molecule has 0 spiro atoms. The number of hydrogen-bond acceptors (Lipinski definition) is 3. The van der Waals surface area contributed by atoms with Gasteiger partial charge in [-0.15, -0.1) is 0 Å². The number of rotatable bonds is 1. The lowest BCUT2D eigenvalue weighted by molar-refractivity contribution is -0.137. The van der Waals surface area contributed by atoms with Crippen LogP contribution in [0.3, 0.4) is 0 Å². The summed E-state index contributed by atoms with van der Waals surface area (Å²) in [5.74, 6) is 0.256. The first-order valence-electron chi connectivity index (χ1n) is 5.84. The Bertz CT molecular complexity index is 760. The van der Waals surface area contributed by atoms with E-state index in [0.717, 1.165) is 17.8 Å². The lowest BCUT2D eigenvalue weighted by Crippen LogP contribution is -2.04. The fourth-order valence-corrected chi connectivity index (χ4v) is 1.80. The normalized spacial score (nSPS) is 12.0. The van der Waals surface area contributed by atoms with Gasteiger partial charge in [-0.05, 0) is 25.1 Å². The van der Waals surface area contributed by atoms with Gasteiger partial charge in [0.1, 0.15) is 5.52 Å². The molecule has 0 saturated heterocycles. The minimum Gasteiger partial charge on any atom is -0.418 e. The molecule has 20 heavy (non-hydrogen) atoms. The van der Waals surface area contributed by atoms with Crippen LogP contribution in [0.15, 0.2) is 40.9 Å². The van der Waals surface area contributed by atoms with Crippen molar-refractivity contribution in [2.24, 2.45) is 0 Å². The summed E-state index contributed by atoms with van der Waals surface area (Å²) in [6, 6.07) is 8.27. The van der Waals surface area contributed by atoms with E-state index in [4.69, 9.17) is 4.42 Å². The molecule has 0 unspecified atom stereocenters. The Morgan fingerprint density at radius 2 is 1.80 bits per heavy atom. The molecule has 0 amide bonds. The van der Waals surface area contributed by atoms with Crippen LogP contribution in [0.5, 0.6) is 0 Å². The van der Waals surface area contributed by atoms with Crippen molar-refractivity contribution in [2.45, 2.75) is 13.1 Å².